The highest BCUT2D eigenvalue weighted by atomic mass is 31.2. The van der Waals surface area contributed by atoms with Crippen molar-refractivity contribution in [3.8, 4) is 0 Å². The summed E-state index contributed by atoms with van der Waals surface area (Å²) < 4.78 is 10.7. The van der Waals surface area contributed by atoms with Gasteiger partial charge in [0.2, 0.25) is 0 Å². The number of carboxylic acid groups (broad SMARTS) is 1. The Hall–Kier alpha value is -0.460. The van der Waals surface area contributed by atoms with E-state index in [1.165, 1.54) is 4.90 Å². The predicted molar refractivity (Wildman–Crippen MR) is 47.9 cm³/mol. The molecule has 1 rings (SSSR count). The number of rotatable bonds is 3. The van der Waals surface area contributed by atoms with Crippen molar-refractivity contribution < 1.29 is 24.3 Å². The first-order chi connectivity index (χ1) is 6.38. The molecule has 1 atom stereocenters. The summed E-state index contributed by atoms with van der Waals surface area (Å²) in [6.07, 6.45) is -0.377. The number of carbonyl (C=O) groups is 1. The summed E-state index contributed by atoms with van der Waals surface area (Å²) in [4.78, 5) is 29.4. The summed E-state index contributed by atoms with van der Waals surface area (Å²) >= 11 is 0. The summed E-state index contributed by atoms with van der Waals surface area (Å²) in [5.41, 5.74) is 0. The van der Waals surface area contributed by atoms with E-state index in [1.54, 1.807) is 0 Å². The second kappa shape index (κ2) is 4.37. The van der Waals surface area contributed by atoms with Gasteiger partial charge in [-0.3, -0.25) is 14.3 Å². The molecule has 1 heterocycles. The Balaban J connectivity index is 2.48. The molecule has 8 heteroatoms. The lowest BCUT2D eigenvalue weighted by molar-refractivity contribution is -0.140. The number of piperazine rings is 1. The van der Waals surface area contributed by atoms with Crippen LogP contribution in [-0.2, 0) is 9.36 Å². The van der Waals surface area contributed by atoms with E-state index in [4.69, 9.17) is 14.9 Å². The third-order valence-electron chi connectivity index (χ3n) is 1.94. The molecule has 1 fully saturated rings. The monoisotopic (exact) mass is 224 g/mol. The van der Waals surface area contributed by atoms with Gasteiger partial charge in [-0.1, -0.05) is 0 Å². The fraction of sp³-hybridized carbons (Fsp3) is 0.833. The first kappa shape index (κ1) is 11.6. The average molecular weight is 224 g/mol. The lowest BCUT2D eigenvalue weighted by Crippen LogP contribution is -2.54. The van der Waals surface area contributed by atoms with Crippen LogP contribution >= 0.6 is 7.60 Å². The minimum Gasteiger partial charge on any atom is -0.480 e. The number of carboxylic acids is 1. The minimum absolute atomic E-state index is 0.125. The largest absolute Gasteiger partial charge is 0.480 e. The molecule has 0 amide bonds. The first-order valence-corrected chi connectivity index (χ1v) is 5.91. The van der Waals surface area contributed by atoms with Crippen LogP contribution in [0, 0.1) is 0 Å². The Morgan fingerprint density at radius 2 is 2.21 bits per heavy atom. The normalized spacial score (nSPS) is 24.9. The van der Waals surface area contributed by atoms with Crippen molar-refractivity contribution in [2.45, 2.75) is 6.04 Å². The number of hydrogen-bond donors (Lipinski definition) is 4. The van der Waals surface area contributed by atoms with E-state index in [-0.39, 0.29) is 12.8 Å². The van der Waals surface area contributed by atoms with Gasteiger partial charge in [-0.05, 0) is 0 Å². The van der Waals surface area contributed by atoms with Crippen LogP contribution in [0.15, 0.2) is 0 Å². The van der Waals surface area contributed by atoms with Gasteiger partial charge >= 0.3 is 13.6 Å². The molecule has 1 aliphatic heterocycles. The van der Waals surface area contributed by atoms with Crippen LogP contribution in [0.1, 0.15) is 0 Å². The molecule has 0 aliphatic carbocycles. The molecular formula is C6H13N2O5P. The zero-order valence-electron chi connectivity index (χ0n) is 7.46. The van der Waals surface area contributed by atoms with Crippen LogP contribution < -0.4 is 5.32 Å². The fourth-order valence-electron chi connectivity index (χ4n) is 1.37. The number of aliphatic carboxylic acids is 1. The lowest BCUT2D eigenvalue weighted by Gasteiger charge is -2.31. The Morgan fingerprint density at radius 1 is 1.57 bits per heavy atom. The molecule has 1 aliphatic rings. The second-order valence-electron chi connectivity index (χ2n) is 3.23. The van der Waals surface area contributed by atoms with Crippen LogP contribution in [-0.4, -0.2) is 57.7 Å². The van der Waals surface area contributed by atoms with Gasteiger partial charge in [-0.25, -0.2) is 0 Å². The third kappa shape index (κ3) is 3.73. The molecule has 0 saturated carbocycles. The van der Waals surface area contributed by atoms with Gasteiger partial charge < -0.3 is 20.2 Å². The van der Waals surface area contributed by atoms with Gasteiger partial charge in [-0.2, -0.15) is 0 Å². The van der Waals surface area contributed by atoms with E-state index < -0.39 is 19.6 Å². The molecule has 7 nitrogen and oxygen atoms in total. The molecule has 0 radical (unpaired) electrons. The molecule has 0 spiro atoms. The Labute approximate surface area is 80.9 Å². The summed E-state index contributed by atoms with van der Waals surface area (Å²) in [6.45, 7) is 1.01. The van der Waals surface area contributed by atoms with Crippen molar-refractivity contribution in [3.05, 3.63) is 0 Å². The standard InChI is InChI=1S/C6H13N2O5P/c9-6(10)5-3-8(2-1-7-5)4-14(11,12)13/h5,7H,1-4H2,(H,9,10)(H2,11,12,13)/t5-/m0/s1. The van der Waals surface area contributed by atoms with E-state index in [1.807, 2.05) is 0 Å². The van der Waals surface area contributed by atoms with Gasteiger partial charge in [0, 0.05) is 19.6 Å². The van der Waals surface area contributed by atoms with Crippen molar-refractivity contribution >= 4 is 13.6 Å². The summed E-state index contributed by atoms with van der Waals surface area (Å²) in [5, 5.41) is 11.4. The lowest BCUT2D eigenvalue weighted by atomic mass is 10.2. The Bertz CT molecular complexity index is 265. The van der Waals surface area contributed by atoms with E-state index in [0.717, 1.165) is 0 Å². The van der Waals surface area contributed by atoms with E-state index in [9.17, 15) is 9.36 Å². The first-order valence-electron chi connectivity index (χ1n) is 4.11. The Kier molecular flexibility index (Phi) is 3.63. The highest BCUT2D eigenvalue weighted by Gasteiger charge is 2.28. The second-order valence-corrected chi connectivity index (χ2v) is 4.84. The Morgan fingerprint density at radius 3 is 2.71 bits per heavy atom. The maximum Gasteiger partial charge on any atom is 0.339 e. The number of hydrogen-bond acceptors (Lipinski definition) is 4. The molecule has 0 aromatic heterocycles. The molecule has 14 heavy (non-hydrogen) atoms. The quantitative estimate of drug-likeness (QED) is 0.431. The molecule has 0 bridgehead atoms. The molecule has 0 aromatic rings. The van der Waals surface area contributed by atoms with Crippen molar-refractivity contribution in [1.29, 1.82) is 0 Å². The van der Waals surface area contributed by atoms with Gasteiger partial charge in [-0.15, -0.1) is 0 Å². The summed E-state index contributed by atoms with van der Waals surface area (Å²) in [6, 6.07) is -0.740. The molecule has 0 unspecified atom stereocenters. The van der Waals surface area contributed by atoms with Gasteiger partial charge in [0.15, 0.2) is 0 Å². The predicted octanol–water partition coefficient (Wildman–Crippen LogP) is -1.52. The minimum atomic E-state index is -4.09. The highest BCUT2D eigenvalue weighted by molar-refractivity contribution is 7.51. The molecule has 82 valence electrons. The number of nitrogens with one attached hydrogen (secondary N) is 1. The van der Waals surface area contributed by atoms with E-state index in [0.29, 0.717) is 13.1 Å². The summed E-state index contributed by atoms with van der Waals surface area (Å²) in [5.74, 6) is -1.000. The smallest absolute Gasteiger partial charge is 0.339 e. The van der Waals surface area contributed by atoms with E-state index in [2.05, 4.69) is 5.32 Å². The topological polar surface area (TPSA) is 110 Å². The van der Waals surface area contributed by atoms with Crippen LogP contribution in [0.25, 0.3) is 0 Å². The zero-order chi connectivity index (χ0) is 10.8. The van der Waals surface area contributed by atoms with Crippen molar-refractivity contribution in [1.82, 2.24) is 10.2 Å². The van der Waals surface area contributed by atoms with Crippen LogP contribution in [0.3, 0.4) is 0 Å². The van der Waals surface area contributed by atoms with Gasteiger partial charge in [0.05, 0.1) is 0 Å². The van der Waals surface area contributed by atoms with Crippen LogP contribution in [0.5, 0.6) is 0 Å². The van der Waals surface area contributed by atoms with Gasteiger partial charge in [0.1, 0.15) is 12.3 Å². The van der Waals surface area contributed by atoms with Gasteiger partial charge in [0.25, 0.3) is 0 Å². The SMILES string of the molecule is O=C(O)[C@@H]1CN(CP(=O)(O)O)CCN1. The fourth-order valence-corrected chi connectivity index (χ4v) is 2.14. The average Bonchev–Trinajstić information content (AvgIpc) is 2.01. The maximum absolute atomic E-state index is 10.7. The molecular weight excluding hydrogens is 211 g/mol. The molecule has 0 aromatic carbocycles. The molecule has 4 N–H and O–H groups in total. The maximum atomic E-state index is 10.7. The molecule has 1 saturated heterocycles. The van der Waals surface area contributed by atoms with Crippen molar-refractivity contribution in [2.24, 2.45) is 0 Å². The zero-order valence-corrected chi connectivity index (χ0v) is 8.35. The number of nitrogens with zero attached hydrogens (tertiary/aromatic N) is 1. The van der Waals surface area contributed by atoms with Crippen LogP contribution in [0.2, 0.25) is 0 Å². The van der Waals surface area contributed by atoms with Crippen LogP contribution in [0.4, 0.5) is 0 Å². The van der Waals surface area contributed by atoms with Crippen molar-refractivity contribution in [3.63, 3.8) is 0 Å². The van der Waals surface area contributed by atoms with Crippen molar-refractivity contribution in [2.75, 3.05) is 25.9 Å². The highest BCUT2D eigenvalue weighted by Crippen LogP contribution is 2.35. The summed E-state index contributed by atoms with van der Waals surface area (Å²) in [7, 11) is -4.09. The van der Waals surface area contributed by atoms with E-state index >= 15 is 0 Å². The third-order valence-corrected chi connectivity index (χ3v) is 2.71.